The van der Waals surface area contributed by atoms with Crippen LogP contribution in [0, 0.1) is 0 Å². The van der Waals surface area contributed by atoms with E-state index in [0.29, 0.717) is 6.04 Å². The maximum Gasteiger partial charge on any atom is 0.0841 e. The maximum atomic E-state index is 4.62. The molecule has 1 aromatic heterocycles. The van der Waals surface area contributed by atoms with E-state index in [1.807, 2.05) is 17.8 Å². The molecule has 4 heteroatoms. The molecule has 0 saturated heterocycles. The summed E-state index contributed by atoms with van der Waals surface area (Å²) >= 11 is 3.47. The second-order valence-corrected chi connectivity index (χ2v) is 6.16. The lowest BCUT2D eigenvalue weighted by Crippen LogP contribution is -2.18. The first-order valence-corrected chi connectivity index (χ1v) is 7.84. The normalized spacial score (nSPS) is 12.7. The zero-order valence-corrected chi connectivity index (χ0v) is 13.8. The molecule has 0 aliphatic heterocycles. The summed E-state index contributed by atoms with van der Waals surface area (Å²) in [6.45, 7) is 2.94. The summed E-state index contributed by atoms with van der Waals surface area (Å²) in [5.41, 5.74) is 3.54. The van der Waals surface area contributed by atoms with E-state index in [1.54, 1.807) is 0 Å². The summed E-state index contributed by atoms with van der Waals surface area (Å²) in [4.78, 5) is 0. The molecule has 1 atom stereocenters. The van der Waals surface area contributed by atoms with Crippen LogP contribution in [-0.4, -0.2) is 9.78 Å². The molecule has 3 rings (SSSR count). The number of benzene rings is 2. The Kier molecular flexibility index (Phi) is 4.08. The van der Waals surface area contributed by atoms with E-state index in [-0.39, 0.29) is 0 Å². The molecule has 108 valence electrons. The van der Waals surface area contributed by atoms with E-state index < -0.39 is 0 Å². The predicted octanol–water partition coefficient (Wildman–Crippen LogP) is 4.19. The minimum Gasteiger partial charge on any atom is -0.304 e. The molecule has 0 unspecified atom stereocenters. The molecule has 0 bridgehead atoms. The molecule has 0 radical (unpaired) electrons. The fourth-order valence-corrected chi connectivity index (χ4v) is 2.80. The number of aryl methyl sites for hydroxylation is 1. The Hall–Kier alpha value is -1.65. The molecule has 3 aromatic rings. The van der Waals surface area contributed by atoms with E-state index in [1.165, 1.54) is 16.5 Å². The Balaban J connectivity index is 1.76. The van der Waals surface area contributed by atoms with Gasteiger partial charge in [0, 0.05) is 29.5 Å². The van der Waals surface area contributed by atoms with Crippen LogP contribution in [0.2, 0.25) is 0 Å². The molecule has 1 N–H and O–H groups in total. The average molecular weight is 344 g/mol. The Morgan fingerprint density at radius 2 is 1.86 bits per heavy atom. The first kappa shape index (κ1) is 14.3. The minimum absolute atomic E-state index is 0.291. The number of fused-ring (bicyclic) bond motifs is 1. The van der Waals surface area contributed by atoms with Crippen LogP contribution in [0.25, 0.3) is 10.9 Å². The molecule has 1 heterocycles. The van der Waals surface area contributed by atoms with Crippen molar-refractivity contribution in [1.82, 2.24) is 15.1 Å². The third kappa shape index (κ3) is 3.01. The second-order valence-electron chi connectivity index (χ2n) is 5.24. The summed E-state index contributed by atoms with van der Waals surface area (Å²) in [6, 6.07) is 17.0. The molecule has 0 amide bonds. The lowest BCUT2D eigenvalue weighted by Gasteiger charge is -2.13. The summed E-state index contributed by atoms with van der Waals surface area (Å²) in [5, 5.41) is 9.38. The SMILES string of the molecule is C[C@@H](NCc1nn(C)c2ccccc12)c1ccc(Br)cc1. The summed E-state index contributed by atoms with van der Waals surface area (Å²) < 4.78 is 3.05. The van der Waals surface area contributed by atoms with Crippen molar-refractivity contribution in [3.05, 3.63) is 64.3 Å². The molecule has 2 aromatic carbocycles. The summed E-state index contributed by atoms with van der Waals surface area (Å²) in [6.07, 6.45) is 0. The van der Waals surface area contributed by atoms with Gasteiger partial charge in [-0.1, -0.05) is 46.3 Å². The molecular weight excluding hydrogens is 326 g/mol. The van der Waals surface area contributed by atoms with Gasteiger partial charge in [-0.3, -0.25) is 4.68 Å². The van der Waals surface area contributed by atoms with E-state index in [2.05, 4.69) is 75.7 Å². The molecule has 0 aliphatic carbocycles. The first-order valence-electron chi connectivity index (χ1n) is 7.04. The van der Waals surface area contributed by atoms with E-state index in [4.69, 9.17) is 0 Å². The zero-order valence-electron chi connectivity index (χ0n) is 12.2. The number of hydrogen-bond acceptors (Lipinski definition) is 2. The van der Waals surface area contributed by atoms with Gasteiger partial charge in [0.25, 0.3) is 0 Å². The number of aromatic nitrogens is 2. The van der Waals surface area contributed by atoms with Gasteiger partial charge in [-0.25, -0.2) is 0 Å². The monoisotopic (exact) mass is 343 g/mol. The summed E-state index contributed by atoms with van der Waals surface area (Å²) in [7, 11) is 1.99. The minimum atomic E-state index is 0.291. The average Bonchev–Trinajstić information content (AvgIpc) is 2.83. The lowest BCUT2D eigenvalue weighted by molar-refractivity contribution is 0.563. The number of halogens is 1. The topological polar surface area (TPSA) is 29.9 Å². The quantitative estimate of drug-likeness (QED) is 0.769. The van der Waals surface area contributed by atoms with Crippen LogP contribution in [-0.2, 0) is 13.6 Å². The smallest absolute Gasteiger partial charge is 0.0841 e. The molecular formula is C17H18BrN3. The van der Waals surface area contributed by atoms with Crippen LogP contribution in [0.5, 0.6) is 0 Å². The van der Waals surface area contributed by atoms with Gasteiger partial charge in [-0.2, -0.15) is 5.10 Å². The fraction of sp³-hybridized carbons (Fsp3) is 0.235. The predicted molar refractivity (Wildman–Crippen MR) is 90.1 cm³/mol. The van der Waals surface area contributed by atoms with Crippen molar-refractivity contribution in [3.63, 3.8) is 0 Å². The fourth-order valence-electron chi connectivity index (χ4n) is 2.54. The molecule has 0 aliphatic rings. The Morgan fingerprint density at radius 1 is 1.14 bits per heavy atom. The lowest BCUT2D eigenvalue weighted by atomic mass is 10.1. The van der Waals surface area contributed by atoms with Crippen LogP contribution >= 0.6 is 15.9 Å². The van der Waals surface area contributed by atoms with E-state index >= 15 is 0 Å². The van der Waals surface area contributed by atoms with Crippen LogP contribution in [0.15, 0.2) is 53.0 Å². The Morgan fingerprint density at radius 3 is 2.62 bits per heavy atom. The molecule has 21 heavy (non-hydrogen) atoms. The van der Waals surface area contributed by atoms with Crippen molar-refractivity contribution in [3.8, 4) is 0 Å². The molecule has 3 nitrogen and oxygen atoms in total. The van der Waals surface area contributed by atoms with Crippen molar-refractivity contribution in [1.29, 1.82) is 0 Å². The Bertz CT molecular complexity index is 746. The number of hydrogen-bond donors (Lipinski definition) is 1. The van der Waals surface area contributed by atoms with Crippen LogP contribution in [0.4, 0.5) is 0 Å². The van der Waals surface area contributed by atoms with Crippen molar-refractivity contribution >= 4 is 26.8 Å². The summed E-state index contributed by atoms with van der Waals surface area (Å²) in [5.74, 6) is 0. The number of nitrogens with one attached hydrogen (secondary N) is 1. The molecule has 0 saturated carbocycles. The van der Waals surface area contributed by atoms with Crippen molar-refractivity contribution < 1.29 is 0 Å². The van der Waals surface area contributed by atoms with Crippen molar-refractivity contribution in [2.24, 2.45) is 7.05 Å². The third-order valence-electron chi connectivity index (χ3n) is 3.78. The van der Waals surface area contributed by atoms with Crippen LogP contribution < -0.4 is 5.32 Å². The highest BCUT2D eigenvalue weighted by molar-refractivity contribution is 9.10. The highest BCUT2D eigenvalue weighted by atomic mass is 79.9. The van der Waals surface area contributed by atoms with Gasteiger partial charge >= 0.3 is 0 Å². The highest BCUT2D eigenvalue weighted by Crippen LogP contribution is 2.20. The van der Waals surface area contributed by atoms with Gasteiger partial charge in [-0.05, 0) is 30.7 Å². The Labute approximate surface area is 133 Å². The first-order chi connectivity index (χ1) is 10.1. The van der Waals surface area contributed by atoms with Crippen LogP contribution in [0.1, 0.15) is 24.2 Å². The standard InChI is InChI=1S/C17H18BrN3/c1-12(13-7-9-14(18)10-8-13)19-11-16-15-5-3-4-6-17(15)21(2)20-16/h3-10,12,19H,11H2,1-2H3/t12-/m1/s1. The van der Waals surface area contributed by atoms with Gasteiger partial charge in [0.1, 0.15) is 0 Å². The number of nitrogens with zero attached hydrogens (tertiary/aromatic N) is 2. The second kappa shape index (κ2) is 6.00. The largest absolute Gasteiger partial charge is 0.304 e. The zero-order chi connectivity index (χ0) is 14.8. The number of rotatable bonds is 4. The third-order valence-corrected chi connectivity index (χ3v) is 4.31. The number of para-hydroxylation sites is 1. The van der Waals surface area contributed by atoms with Gasteiger partial charge in [-0.15, -0.1) is 0 Å². The molecule has 0 fully saturated rings. The van der Waals surface area contributed by atoms with Crippen molar-refractivity contribution in [2.75, 3.05) is 0 Å². The van der Waals surface area contributed by atoms with Gasteiger partial charge in [0.2, 0.25) is 0 Å². The van der Waals surface area contributed by atoms with Gasteiger partial charge < -0.3 is 5.32 Å². The van der Waals surface area contributed by atoms with E-state index in [9.17, 15) is 0 Å². The van der Waals surface area contributed by atoms with Crippen LogP contribution in [0.3, 0.4) is 0 Å². The van der Waals surface area contributed by atoms with Gasteiger partial charge in [0.05, 0.1) is 11.2 Å². The molecule has 0 spiro atoms. The maximum absolute atomic E-state index is 4.62. The van der Waals surface area contributed by atoms with E-state index in [0.717, 1.165) is 16.7 Å². The highest BCUT2D eigenvalue weighted by Gasteiger charge is 2.10. The van der Waals surface area contributed by atoms with Crippen molar-refractivity contribution in [2.45, 2.75) is 19.5 Å². The van der Waals surface area contributed by atoms with Gasteiger partial charge in [0.15, 0.2) is 0 Å².